The van der Waals surface area contributed by atoms with Crippen LogP contribution < -0.4 is 10.1 Å². The van der Waals surface area contributed by atoms with E-state index in [4.69, 9.17) is 9.72 Å². The van der Waals surface area contributed by atoms with Gasteiger partial charge in [0.1, 0.15) is 11.6 Å². The van der Waals surface area contributed by atoms with Crippen molar-refractivity contribution >= 4 is 5.91 Å². The van der Waals surface area contributed by atoms with E-state index in [0.29, 0.717) is 19.5 Å². The molecule has 0 radical (unpaired) electrons. The van der Waals surface area contributed by atoms with Crippen LogP contribution in [0.2, 0.25) is 0 Å². The molecular formula is C30H38N6O2. The Morgan fingerprint density at radius 3 is 2.34 bits per heavy atom. The lowest BCUT2D eigenvalue weighted by atomic mass is 10.1. The highest BCUT2D eigenvalue weighted by Gasteiger charge is 2.19. The molecule has 38 heavy (non-hydrogen) atoms. The number of aromatic nitrogens is 2. The summed E-state index contributed by atoms with van der Waals surface area (Å²) in [6.07, 6.45) is 3.42. The number of rotatable bonds is 1. The second-order valence-corrected chi connectivity index (χ2v) is 10.4. The predicted molar refractivity (Wildman–Crippen MR) is 149 cm³/mol. The number of amides is 1. The highest BCUT2D eigenvalue weighted by atomic mass is 16.5. The van der Waals surface area contributed by atoms with Crippen LogP contribution >= 0.6 is 0 Å². The van der Waals surface area contributed by atoms with E-state index in [1.807, 2.05) is 12.3 Å². The minimum atomic E-state index is 0.119. The number of nitrogens with zero attached hydrogens (tertiary/aromatic N) is 5. The van der Waals surface area contributed by atoms with Gasteiger partial charge in [0.2, 0.25) is 5.91 Å². The smallest absolute Gasteiger partial charge is 0.234 e. The SMILES string of the molecule is COc1cc2cc(c1)CN1CCN(CC1)CC(=O)NCCCN(C)Cc1ccc(cc1)-c1ccnc(n1)C2. The molecule has 5 aliphatic heterocycles. The third-order valence-corrected chi connectivity index (χ3v) is 7.31. The molecule has 1 saturated heterocycles. The molecule has 1 amide bonds. The maximum absolute atomic E-state index is 12.5. The summed E-state index contributed by atoms with van der Waals surface area (Å²) in [5, 5.41) is 3.10. The van der Waals surface area contributed by atoms with Crippen molar-refractivity contribution < 1.29 is 9.53 Å². The number of carbonyl (C=O) groups excluding carboxylic acids is 1. The Labute approximate surface area is 225 Å². The van der Waals surface area contributed by atoms with Gasteiger partial charge < -0.3 is 15.0 Å². The van der Waals surface area contributed by atoms with Crippen molar-refractivity contribution in [3.05, 3.63) is 77.2 Å². The van der Waals surface area contributed by atoms with Crippen LogP contribution in [0.15, 0.2) is 54.7 Å². The number of carbonyl (C=O) groups is 1. The molecule has 8 rings (SSSR count). The third-order valence-electron chi connectivity index (χ3n) is 7.31. The van der Waals surface area contributed by atoms with Crippen LogP contribution in [0.3, 0.4) is 0 Å². The number of benzene rings is 2. The second kappa shape index (κ2) is 12.5. The lowest BCUT2D eigenvalue weighted by Gasteiger charge is -2.34. The highest BCUT2D eigenvalue weighted by molar-refractivity contribution is 5.78. The van der Waals surface area contributed by atoms with Crippen molar-refractivity contribution in [2.24, 2.45) is 0 Å². The summed E-state index contributed by atoms with van der Waals surface area (Å²) in [4.78, 5) is 28.9. The van der Waals surface area contributed by atoms with Gasteiger partial charge in [0, 0.05) is 64.0 Å². The Kier molecular flexibility index (Phi) is 8.63. The number of hydrogen-bond donors (Lipinski definition) is 1. The van der Waals surface area contributed by atoms with E-state index < -0.39 is 0 Å². The van der Waals surface area contributed by atoms with Crippen molar-refractivity contribution in [1.29, 1.82) is 0 Å². The van der Waals surface area contributed by atoms with E-state index in [9.17, 15) is 4.79 Å². The maximum atomic E-state index is 12.5. The van der Waals surface area contributed by atoms with Gasteiger partial charge in [-0.1, -0.05) is 30.3 Å². The molecule has 3 aromatic rings. The lowest BCUT2D eigenvalue weighted by molar-refractivity contribution is -0.122. The minimum absolute atomic E-state index is 0.119. The molecule has 5 aliphatic rings. The van der Waals surface area contributed by atoms with Gasteiger partial charge in [-0.25, -0.2) is 9.97 Å². The maximum Gasteiger partial charge on any atom is 0.234 e. The average Bonchev–Trinajstić information content (AvgIpc) is 2.92. The van der Waals surface area contributed by atoms with Gasteiger partial charge in [-0.2, -0.15) is 0 Å². The van der Waals surface area contributed by atoms with E-state index in [0.717, 1.165) is 80.6 Å². The first-order chi connectivity index (χ1) is 18.5. The fourth-order valence-electron chi connectivity index (χ4n) is 5.24. The summed E-state index contributed by atoms with van der Waals surface area (Å²) < 4.78 is 5.63. The molecule has 8 nitrogen and oxygen atoms in total. The first kappa shape index (κ1) is 26.3. The van der Waals surface area contributed by atoms with Gasteiger partial charge in [-0.3, -0.25) is 14.6 Å². The van der Waals surface area contributed by atoms with E-state index in [-0.39, 0.29) is 5.91 Å². The predicted octanol–water partition coefficient (Wildman–Crippen LogP) is 2.81. The topological polar surface area (TPSA) is 73.8 Å². The van der Waals surface area contributed by atoms with Crippen molar-refractivity contribution in [1.82, 2.24) is 30.0 Å². The van der Waals surface area contributed by atoms with Gasteiger partial charge in [0.15, 0.2) is 0 Å². The van der Waals surface area contributed by atoms with Gasteiger partial charge in [-0.05, 0) is 54.9 Å². The lowest BCUT2D eigenvalue weighted by Crippen LogP contribution is -2.49. The molecule has 0 unspecified atom stereocenters. The summed E-state index contributed by atoms with van der Waals surface area (Å²) in [6, 6.07) is 17.0. The van der Waals surface area contributed by atoms with E-state index >= 15 is 0 Å². The largest absolute Gasteiger partial charge is 0.497 e. The van der Waals surface area contributed by atoms with Crippen molar-refractivity contribution in [3.8, 4) is 17.0 Å². The minimum Gasteiger partial charge on any atom is -0.497 e. The molecule has 0 aliphatic carbocycles. The first-order valence-electron chi connectivity index (χ1n) is 13.5. The second-order valence-electron chi connectivity index (χ2n) is 10.4. The van der Waals surface area contributed by atoms with Crippen LogP contribution in [0.4, 0.5) is 0 Å². The van der Waals surface area contributed by atoms with Crippen molar-refractivity contribution in [2.45, 2.75) is 25.9 Å². The normalized spacial score (nSPS) is 21.5. The zero-order chi connectivity index (χ0) is 26.3. The third kappa shape index (κ3) is 7.16. The molecule has 8 bridgehead atoms. The van der Waals surface area contributed by atoms with E-state index in [1.165, 1.54) is 11.1 Å². The molecule has 1 fully saturated rings. The summed E-state index contributed by atoms with van der Waals surface area (Å²) in [5.41, 5.74) is 5.63. The molecule has 0 spiro atoms. The fourth-order valence-corrected chi connectivity index (χ4v) is 5.24. The highest BCUT2D eigenvalue weighted by Crippen LogP contribution is 2.22. The Hall–Kier alpha value is -3.33. The zero-order valence-corrected chi connectivity index (χ0v) is 22.5. The molecule has 1 aromatic heterocycles. The van der Waals surface area contributed by atoms with Crippen LogP contribution in [0.5, 0.6) is 5.75 Å². The zero-order valence-electron chi connectivity index (χ0n) is 22.5. The Balaban J connectivity index is 1.38. The number of hydrogen-bond acceptors (Lipinski definition) is 7. The van der Waals surface area contributed by atoms with Crippen LogP contribution in [-0.4, -0.2) is 90.5 Å². The standard InChI is InChI=1S/C30H38N6O2/c1-34-11-3-9-32-30(37)22-36-14-12-35(13-15-36)21-25-16-24(17-27(18-25)38-2)19-29-31-10-8-28(33-29)26-6-4-23(20-34)5-7-26/h4-8,10,16-18H,3,9,11-15,19-22H2,1-2H3,(H,32,37). The number of nitrogens with one attached hydrogen (secondary N) is 1. The van der Waals surface area contributed by atoms with Gasteiger partial charge in [0.05, 0.1) is 19.3 Å². The first-order valence-corrected chi connectivity index (χ1v) is 13.5. The molecular weight excluding hydrogens is 476 g/mol. The summed E-state index contributed by atoms with van der Waals surface area (Å²) in [5.74, 6) is 1.77. The molecule has 0 atom stereocenters. The average molecular weight is 515 g/mol. The van der Waals surface area contributed by atoms with Gasteiger partial charge in [-0.15, -0.1) is 0 Å². The quantitative estimate of drug-likeness (QED) is 0.535. The van der Waals surface area contributed by atoms with Crippen LogP contribution in [0, 0.1) is 0 Å². The fraction of sp³-hybridized carbons (Fsp3) is 0.433. The van der Waals surface area contributed by atoms with Crippen LogP contribution in [0.25, 0.3) is 11.3 Å². The summed E-state index contributed by atoms with van der Waals surface area (Å²) in [7, 11) is 3.84. The number of methoxy groups -OCH3 is 1. The van der Waals surface area contributed by atoms with E-state index in [2.05, 4.69) is 74.5 Å². The Bertz CT molecular complexity index is 1220. The van der Waals surface area contributed by atoms with Crippen molar-refractivity contribution in [3.63, 3.8) is 0 Å². The number of piperazine rings is 1. The summed E-state index contributed by atoms with van der Waals surface area (Å²) in [6.45, 7) is 7.49. The van der Waals surface area contributed by atoms with Crippen LogP contribution in [0.1, 0.15) is 28.9 Å². The molecule has 1 N–H and O–H groups in total. The molecule has 2 aromatic carbocycles. The molecule has 0 saturated carbocycles. The monoisotopic (exact) mass is 514 g/mol. The summed E-state index contributed by atoms with van der Waals surface area (Å²) >= 11 is 0. The Morgan fingerprint density at radius 1 is 0.842 bits per heavy atom. The van der Waals surface area contributed by atoms with Gasteiger partial charge in [0.25, 0.3) is 0 Å². The van der Waals surface area contributed by atoms with Gasteiger partial charge >= 0.3 is 0 Å². The Morgan fingerprint density at radius 2 is 1.58 bits per heavy atom. The number of ether oxygens (including phenoxy) is 1. The van der Waals surface area contributed by atoms with Crippen molar-refractivity contribution in [2.75, 3.05) is 60.0 Å². The molecule has 8 heteroatoms. The van der Waals surface area contributed by atoms with Crippen LogP contribution in [-0.2, 0) is 24.3 Å². The molecule has 200 valence electrons. The van der Waals surface area contributed by atoms with E-state index in [1.54, 1.807) is 7.11 Å². The molecule has 6 heterocycles.